The van der Waals surface area contributed by atoms with Crippen LogP contribution in [0.5, 0.6) is 0 Å². The number of rotatable bonds is 5. The summed E-state index contributed by atoms with van der Waals surface area (Å²) in [7, 11) is 0. The molecule has 0 saturated carbocycles. The molecule has 2 nitrogen and oxygen atoms in total. The Morgan fingerprint density at radius 2 is 1.14 bits per heavy atom. The second-order valence-electron chi connectivity index (χ2n) is 8.83. The normalized spacial score (nSPS) is 11.0. The maximum Gasteiger partial charge on any atom is 0.123 e. The van der Waals surface area contributed by atoms with Crippen LogP contribution in [0.2, 0.25) is 0 Å². The molecule has 36 heavy (non-hydrogen) atoms. The smallest absolute Gasteiger partial charge is 0.123 e. The number of aromatic nitrogens is 2. The van der Waals surface area contributed by atoms with Gasteiger partial charge in [0.05, 0.1) is 11.4 Å². The maximum atomic E-state index is 13.6. The molecule has 0 spiro atoms. The number of halogens is 1. The summed E-state index contributed by atoms with van der Waals surface area (Å²) in [6.07, 6.45) is 0.583. The minimum atomic E-state index is -0.245. The Morgan fingerprint density at radius 3 is 1.89 bits per heavy atom. The Labute approximate surface area is 209 Å². The van der Waals surface area contributed by atoms with Crippen molar-refractivity contribution in [3.05, 3.63) is 145 Å². The van der Waals surface area contributed by atoms with Crippen LogP contribution in [0, 0.1) is 5.82 Å². The lowest BCUT2D eigenvalue weighted by Crippen LogP contribution is -2.00. The van der Waals surface area contributed by atoms with E-state index in [2.05, 4.69) is 66.7 Å². The molecule has 0 aliphatic rings. The molecular weight excluding hydrogens is 443 g/mol. The highest BCUT2D eigenvalue weighted by molar-refractivity contribution is 5.94. The lowest BCUT2D eigenvalue weighted by Gasteiger charge is -2.12. The average Bonchev–Trinajstić information content (AvgIpc) is 2.94. The van der Waals surface area contributed by atoms with Gasteiger partial charge in [-0.1, -0.05) is 97.1 Å². The first-order chi connectivity index (χ1) is 17.7. The van der Waals surface area contributed by atoms with E-state index in [0.717, 1.165) is 55.8 Å². The lowest BCUT2D eigenvalue weighted by atomic mass is 9.99. The van der Waals surface area contributed by atoms with Crippen molar-refractivity contribution in [3.63, 3.8) is 0 Å². The van der Waals surface area contributed by atoms with Gasteiger partial charge in [0.15, 0.2) is 0 Å². The Balaban J connectivity index is 1.48. The molecule has 0 unspecified atom stereocenters. The first-order valence-corrected chi connectivity index (χ1v) is 12.0. The third-order valence-electron chi connectivity index (χ3n) is 6.33. The molecule has 2 heterocycles. The van der Waals surface area contributed by atoms with Gasteiger partial charge in [-0.25, -0.2) is 4.39 Å². The van der Waals surface area contributed by atoms with Crippen molar-refractivity contribution in [3.8, 4) is 33.6 Å². The van der Waals surface area contributed by atoms with Gasteiger partial charge in [-0.2, -0.15) is 0 Å². The molecule has 172 valence electrons. The van der Waals surface area contributed by atoms with Crippen molar-refractivity contribution < 1.29 is 4.39 Å². The molecule has 0 radical (unpaired) electrons. The Bertz CT molecular complexity index is 1640. The molecule has 0 atom stereocenters. The largest absolute Gasteiger partial charge is 0.252 e. The number of benzene rings is 4. The molecule has 0 amide bonds. The number of fused-ring (bicyclic) bond motifs is 1. The summed E-state index contributed by atoms with van der Waals surface area (Å²) in [4.78, 5) is 10.1. The molecule has 0 aliphatic heterocycles. The van der Waals surface area contributed by atoms with Gasteiger partial charge in [0.25, 0.3) is 0 Å². The van der Waals surface area contributed by atoms with Gasteiger partial charge in [-0.05, 0) is 46.8 Å². The van der Waals surface area contributed by atoms with Crippen molar-refractivity contribution in [2.75, 3.05) is 0 Å². The van der Waals surface area contributed by atoms with Crippen LogP contribution in [0.4, 0.5) is 4.39 Å². The number of hydrogen-bond acceptors (Lipinski definition) is 2. The predicted molar refractivity (Wildman–Crippen MR) is 145 cm³/mol. The zero-order chi connectivity index (χ0) is 24.3. The number of hydrogen-bond donors (Lipinski definition) is 0. The summed E-state index contributed by atoms with van der Waals surface area (Å²) >= 11 is 0. The van der Waals surface area contributed by atoms with E-state index in [0.29, 0.717) is 6.42 Å². The molecule has 0 saturated heterocycles. The zero-order valence-corrected chi connectivity index (χ0v) is 19.6. The van der Waals surface area contributed by atoms with Crippen LogP contribution < -0.4 is 0 Å². The van der Waals surface area contributed by atoms with Gasteiger partial charge in [0, 0.05) is 34.3 Å². The van der Waals surface area contributed by atoms with Crippen molar-refractivity contribution in [1.82, 2.24) is 9.97 Å². The molecule has 6 rings (SSSR count). The first kappa shape index (κ1) is 21.9. The van der Waals surface area contributed by atoms with Crippen LogP contribution in [-0.4, -0.2) is 9.97 Å². The second-order valence-corrected chi connectivity index (χ2v) is 8.83. The second kappa shape index (κ2) is 9.55. The van der Waals surface area contributed by atoms with Crippen LogP contribution in [0.3, 0.4) is 0 Å². The molecular formula is C33H23FN2. The minimum Gasteiger partial charge on any atom is -0.252 e. The van der Waals surface area contributed by atoms with Crippen LogP contribution in [0.1, 0.15) is 11.4 Å². The highest BCUT2D eigenvalue weighted by atomic mass is 19.1. The van der Waals surface area contributed by atoms with Crippen molar-refractivity contribution >= 4 is 10.8 Å². The highest BCUT2D eigenvalue weighted by Crippen LogP contribution is 2.30. The topological polar surface area (TPSA) is 25.8 Å². The van der Waals surface area contributed by atoms with Gasteiger partial charge in [0.1, 0.15) is 5.82 Å². The Kier molecular flexibility index (Phi) is 5.80. The Morgan fingerprint density at radius 1 is 0.500 bits per heavy atom. The van der Waals surface area contributed by atoms with Gasteiger partial charge < -0.3 is 0 Å². The van der Waals surface area contributed by atoms with Crippen molar-refractivity contribution in [2.24, 2.45) is 0 Å². The van der Waals surface area contributed by atoms with Crippen LogP contribution >= 0.6 is 0 Å². The van der Waals surface area contributed by atoms with Crippen LogP contribution in [0.15, 0.2) is 127 Å². The molecule has 0 bridgehead atoms. The van der Waals surface area contributed by atoms with E-state index in [-0.39, 0.29) is 5.82 Å². The third-order valence-corrected chi connectivity index (χ3v) is 6.33. The van der Waals surface area contributed by atoms with E-state index in [4.69, 9.17) is 9.97 Å². The van der Waals surface area contributed by atoms with E-state index < -0.39 is 0 Å². The van der Waals surface area contributed by atoms with Crippen LogP contribution in [-0.2, 0) is 6.42 Å². The van der Waals surface area contributed by atoms with Crippen molar-refractivity contribution in [1.29, 1.82) is 0 Å². The zero-order valence-electron chi connectivity index (χ0n) is 19.6. The summed E-state index contributed by atoms with van der Waals surface area (Å²) in [6, 6.07) is 41.7. The first-order valence-electron chi connectivity index (χ1n) is 12.0. The third kappa shape index (κ3) is 4.51. The SMILES string of the molecule is Fc1ccc(-c2cc(Cc3cc4ccccc4c(-c4ccccc4)n3)nc(-c3ccccc3)c2)cc1. The summed E-state index contributed by atoms with van der Waals surface area (Å²) in [5.74, 6) is -0.245. The van der Waals surface area contributed by atoms with Gasteiger partial charge in [0.2, 0.25) is 0 Å². The maximum absolute atomic E-state index is 13.6. The minimum absolute atomic E-state index is 0.245. The quantitative estimate of drug-likeness (QED) is 0.255. The standard InChI is InChI=1S/C33H23FN2/c34-28-17-15-23(16-18-28)27-20-29(35-32(21-27)24-9-3-1-4-10-24)22-30-19-26-13-7-8-14-31(26)33(36-30)25-11-5-2-6-12-25/h1-21H,22H2. The predicted octanol–water partition coefficient (Wildman–Crippen LogP) is 8.36. The summed E-state index contributed by atoms with van der Waals surface area (Å²) < 4.78 is 13.6. The fraction of sp³-hybridized carbons (Fsp3) is 0.0303. The molecule has 0 N–H and O–H groups in total. The average molecular weight is 467 g/mol. The lowest BCUT2D eigenvalue weighted by molar-refractivity contribution is 0.628. The molecule has 0 fully saturated rings. The van der Waals surface area contributed by atoms with Gasteiger partial charge >= 0.3 is 0 Å². The van der Waals surface area contributed by atoms with Crippen molar-refractivity contribution in [2.45, 2.75) is 6.42 Å². The number of pyridine rings is 2. The van der Waals surface area contributed by atoms with E-state index in [9.17, 15) is 4.39 Å². The van der Waals surface area contributed by atoms with Gasteiger partial charge in [-0.15, -0.1) is 0 Å². The highest BCUT2D eigenvalue weighted by Gasteiger charge is 2.12. The monoisotopic (exact) mass is 466 g/mol. The summed E-state index contributed by atoms with van der Waals surface area (Å²) in [6.45, 7) is 0. The summed E-state index contributed by atoms with van der Waals surface area (Å²) in [5.41, 5.74) is 7.82. The fourth-order valence-electron chi connectivity index (χ4n) is 4.59. The number of nitrogens with zero attached hydrogens (tertiary/aromatic N) is 2. The Hall–Kier alpha value is -4.63. The fourth-order valence-corrected chi connectivity index (χ4v) is 4.59. The molecule has 6 aromatic rings. The molecule has 2 aromatic heterocycles. The van der Waals surface area contributed by atoms with Gasteiger partial charge in [-0.3, -0.25) is 9.97 Å². The van der Waals surface area contributed by atoms with E-state index in [1.54, 1.807) is 0 Å². The molecule has 4 aromatic carbocycles. The van der Waals surface area contributed by atoms with E-state index >= 15 is 0 Å². The van der Waals surface area contributed by atoms with E-state index in [1.165, 1.54) is 12.1 Å². The summed E-state index contributed by atoms with van der Waals surface area (Å²) in [5, 5.41) is 2.28. The van der Waals surface area contributed by atoms with Crippen LogP contribution in [0.25, 0.3) is 44.4 Å². The molecule has 0 aliphatic carbocycles. The molecule has 3 heteroatoms. The van der Waals surface area contributed by atoms with E-state index in [1.807, 2.05) is 48.5 Å².